The third-order valence-electron chi connectivity index (χ3n) is 5.17. The van der Waals surface area contributed by atoms with Gasteiger partial charge in [-0.2, -0.15) is 0 Å². The molecule has 2 N–H and O–H groups in total. The van der Waals surface area contributed by atoms with E-state index in [1.54, 1.807) is 32.4 Å². The number of benzene rings is 3. The fourth-order valence-corrected chi connectivity index (χ4v) is 4.50. The second-order valence-electron chi connectivity index (χ2n) is 7.16. The minimum absolute atomic E-state index is 0.275. The molecule has 0 spiro atoms. The summed E-state index contributed by atoms with van der Waals surface area (Å²) in [7, 11) is -0.553. The number of primary sulfonamides is 1. The molecule has 3 aromatic carbocycles. The van der Waals surface area contributed by atoms with Crippen LogP contribution in [0.2, 0.25) is 0 Å². The standard InChI is InChI=1S/C24H21NO5S/c1-4-16-6-5-7-21-23(16)18-10-8-15(14-31(25,26)27)12-19(18)24(30-21)17-9-11-20(28-2)22(13-17)29-3/h1,5-13,24H,14H2,2-3H3,(H2,25,26,27). The van der Waals surface area contributed by atoms with Crippen LogP contribution in [-0.2, 0) is 15.8 Å². The van der Waals surface area contributed by atoms with E-state index in [4.69, 9.17) is 25.8 Å². The van der Waals surface area contributed by atoms with Crippen molar-refractivity contribution in [2.24, 2.45) is 5.14 Å². The molecular weight excluding hydrogens is 414 g/mol. The molecular formula is C24H21NO5S. The van der Waals surface area contributed by atoms with E-state index in [9.17, 15) is 8.42 Å². The Hall–Kier alpha value is -3.47. The number of methoxy groups -OCH3 is 2. The van der Waals surface area contributed by atoms with E-state index < -0.39 is 16.1 Å². The van der Waals surface area contributed by atoms with Crippen LogP contribution in [0.15, 0.2) is 54.6 Å². The van der Waals surface area contributed by atoms with Crippen molar-refractivity contribution in [1.82, 2.24) is 0 Å². The number of hydrogen-bond donors (Lipinski definition) is 1. The highest BCUT2D eigenvalue weighted by Crippen LogP contribution is 2.47. The Balaban J connectivity index is 1.93. The van der Waals surface area contributed by atoms with Crippen molar-refractivity contribution in [3.63, 3.8) is 0 Å². The van der Waals surface area contributed by atoms with Gasteiger partial charge >= 0.3 is 0 Å². The maximum Gasteiger partial charge on any atom is 0.213 e. The van der Waals surface area contributed by atoms with Crippen LogP contribution in [0, 0.1) is 12.3 Å². The van der Waals surface area contributed by atoms with Gasteiger partial charge < -0.3 is 14.2 Å². The Kier molecular flexibility index (Phi) is 5.36. The maximum atomic E-state index is 11.7. The van der Waals surface area contributed by atoms with E-state index in [0.717, 1.165) is 22.3 Å². The molecule has 0 amide bonds. The van der Waals surface area contributed by atoms with Crippen LogP contribution in [0.25, 0.3) is 11.1 Å². The molecule has 1 aliphatic heterocycles. The molecule has 158 valence electrons. The smallest absolute Gasteiger partial charge is 0.213 e. The van der Waals surface area contributed by atoms with Gasteiger partial charge in [0.1, 0.15) is 11.9 Å². The van der Waals surface area contributed by atoms with Gasteiger partial charge in [0.15, 0.2) is 11.5 Å². The number of sulfonamides is 1. The molecule has 7 heteroatoms. The van der Waals surface area contributed by atoms with Gasteiger partial charge in [0.25, 0.3) is 0 Å². The normalized spacial score (nSPS) is 14.6. The van der Waals surface area contributed by atoms with Crippen molar-refractivity contribution in [3.8, 4) is 40.7 Å². The molecule has 1 unspecified atom stereocenters. The van der Waals surface area contributed by atoms with Gasteiger partial charge in [-0.05, 0) is 35.4 Å². The highest BCUT2D eigenvalue weighted by molar-refractivity contribution is 7.88. The highest BCUT2D eigenvalue weighted by atomic mass is 32.2. The van der Waals surface area contributed by atoms with Gasteiger partial charge in [-0.15, -0.1) is 6.42 Å². The van der Waals surface area contributed by atoms with Gasteiger partial charge in [0.2, 0.25) is 10.0 Å². The van der Waals surface area contributed by atoms with E-state index in [-0.39, 0.29) is 5.75 Å². The van der Waals surface area contributed by atoms with Crippen LogP contribution in [0.3, 0.4) is 0 Å². The number of terminal acetylenes is 1. The summed E-state index contributed by atoms with van der Waals surface area (Å²) in [5.74, 6) is 4.25. The molecule has 1 heterocycles. The molecule has 0 aromatic heterocycles. The van der Waals surface area contributed by atoms with Crippen LogP contribution in [0.4, 0.5) is 0 Å². The molecule has 0 aliphatic carbocycles. The van der Waals surface area contributed by atoms with Crippen LogP contribution in [0.1, 0.15) is 28.4 Å². The molecule has 4 rings (SSSR count). The van der Waals surface area contributed by atoms with Crippen LogP contribution < -0.4 is 19.3 Å². The lowest BCUT2D eigenvalue weighted by Crippen LogP contribution is -2.18. The molecule has 3 aromatic rings. The van der Waals surface area contributed by atoms with Crippen LogP contribution in [0.5, 0.6) is 17.2 Å². The van der Waals surface area contributed by atoms with Crippen LogP contribution in [-0.4, -0.2) is 22.6 Å². The van der Waals surface area contributed by atoms with E-state index in [1.165, 1.54) is 0 Å². The lowest BCUT2D eigenvalue weighted by Gasteiger charge is -2.30. The van der Waals surface area contributed by atoms with Crippen molar-refractivity contribution in [2.75, 3.05) is 14.2 Å². The summed E-state index contributed by atoms with van der Waals surface area (Å²) in [6, 6.07) is 16.5. The average Bonchev–Trinajstić information content (AvgIpc) is 2.76. The Labute approximate surface area is 181 Å². The summed E-state index contributed by atoms with van der Waals surface area (Å²) in [4.78, 5) is 0. The predicted molar refractivity (Wildman–Crippen MR) is 119 cm³/mol. The molecule has 1 aliphatic rings. The number of nitrogens with two attached hydrogens (primary N) is 1. The van der Waals surface area contributed by atoms with Gasteiger partial charge in [-0.25, -0.2) is 13.6 Å². The van der Waals surface area contributed by atoms with E-state index in [1.807, 2.05) is 36.4 Å². The van der Waals surface area contributed by atoms with Gasteiger partial charge in [-0.1, -0.05) is 36.3 Å². The molecule has 6 nitrogen and oxygen atoms in total. The van der Waals surface area contributed by atoms with Crippen molar-refractivity contribution in [2.45, 2.75) is 11.9 Å². The van der Waals surface area contributed by atoms with Crippen molar-refractivity contribution < 1.29 is 22.6 Å². The molecule has 31 heavy (non-hydrogen) atoms. The monoisotopic (exact) mass is 435 g/mol. The van der Waals surface area contributed by atoms with E-state index in [0.29, 0.717) is 28.4 Å². The Morgan fingerprint density at radius 3 is 2.52 bits per heavy atom. The zero-order valence-corrected chi connectivity index (χ0v) is 17.9. The fourth-order valence-electron chi connectivity index (χ4n) is 3.86. The van der Waals surface area contributed by atoms with E-state index >= 15 is 0 Å². The largest absolute Gasteiger partial charge is 0.493 e. The number of hydrogen-bond acceptors (Lipinski definition) is 5. The molecule has 0 radical (unpaired) electrons. The Morgan fingerprint density at radius 2 is 1.84 bits per heavy atom. The Bertz CT molecular complexity index is 1310. The number of rotatable bonds is 5. The Morgan fingerprint density at radius 1 is 1.06 bits per heavy atom. The summed E-state index contributed by atoms with van der Waals surface area (Å²) in [5, 5.41) is 5.27. The maximum absolute atomic E-state index is 11.7. The number of fused-ring (bicyclic) bond motifs is 3. The lowest BCUT2D eigenvalue weighted by molar-refractivity contribution is 0.242. The summed E-state index contributed by atoms with van der Waals surface area (Å²) >= 11 is 0. The molecule has 0 saturated carbocycles. The zero-order chi connectivity index (χ0) is 22.2. The second-order valence-corrected chi connectivity index (χ2v) is 8.78. The molecule has 1 atom stereocenters. The first kappa shape index (κ1) is 20.8. The third kappa shape index (κ3) is 3.96. The predicted octanol–water partition coefficient (Wildman–Crippen LogP) is 3.62. The lowest BCUT2D eigenvalue weighted by atomic mass is 9.86. The second kappa shape index (κ2) is 7.99. The SMILES string of the molecule is C#Cc1cccc2c1-c1ccc(CS(N)(=O)=O)cc1C(c1ccc(OC)c(OC)c1)O2. The van der Waals surface area contributed by atoms with E-state index in [2.05, 4.69) is 5.92 Å². The fraction of sp³-hybridized carbons (Fsp3) is 0.167. The van der Waals surface area contributed by atoms with Gasteiger partial charge in [0.05, 0.1) is 20.0 Å². The molecule has 0 bridgehead atoms. The minimum Gasteiger partial charge on any atom is -0.493 e. The third-order valence-corrected chi connectivity index (χ3v) is 5.91. The first-order chi connectivity index (χ1) is 14.8. The number of ether oxygens (including phenoxy) is 3. The first-order valence-electron chi connectivity index (χ1n) is 9.46. The first-order valence-corrected chi connectivity index (χ1v) is 11.2. The summed E-state index contributed by atoms with van der Waals surface area (Å²) in [6.45, 7) is 0. The summed E-state index contributed by atoms with van der Waals surface area (Å²) in [6.07, 6.45) is 5.22. The molecule has 0 fully saturated rings. The minimum atomic E-state index is -3.69. The quantitative estimate of drug-likeness (QED) is 0.619. The zero-order valence-electron chi connectivity index (χ0n) is 17.1. The summed E-state index contributed by atoms with van der Waals surface area (Å²) in [5.41, 5.74) is 4.57. The van der Waals surface area contributed by atoms with Gasteiger partial charge in [0, 0.05) is 22.3 Å². The average molecular weight is 436 g/mol. The van der Waals surface area contributed by atoms with Crippen LogP contribution >= 0.6 is 0 Å². The van der Waals surface area contributed by atoms with Crippen molar-refractivity contribution >= 4 is 10.0 Å². The van der Waals surface area contributed by atoms with Gasteiger partial charge in [-0.3, -0.25) is 0 Å². The molecule has 0 saturated heterocycles. The highest BCUT2D eigenvalue weighted by Gasteiger charge is 2.30. The topological polar surface area (TPSA) is 87.9 Å². The summed E-state index contributed by atoms with van der Waals surface area (Å²) < 4.78 is 40.5. The van der Waals surface area contributed by atoms with Crippen molar-refractivity contribution in [3.05, 3.63) is 76.9 Å². The van der Waals surface area contributed by atoms with Crippen molar-refractivity contribution in [1.29, 1.82) is 0 Å².